The molecule has 7 heteroatoms. The summed E-state index contributed by atoms with van der Waals surface area (Å²) in [6.07, 6.45) is 1.43. The molecule has 1 unspecified atom stereocenters. The number of anilines is 1. The zero-order valence-corrected chi connectivity index (χ0v) is 14.0. The van der Waals surface area contributed by atoms with Crippen LogP contribution in [0.5, 0.6) is 0 Å². The third-order valence-corrected chi connectivity index (χ3v) is 4.27. The van der Waals surface area contributed by atoms with Crippen molar-refractivity contribution in [2.24, 2.45) is 5.92 Å². The molecule has 1 aromatic carbocycles. The number of carboxylic acid groups (broad SMARTS) is 1. The van der Waals surface area contributed by atoms with Crippen LogP contribution in [-0.4, -0.2) is 41.2 Å². The fourth-order valence-corrected chi connectivity index (χ4v) is 3.02. The van der Waals surface area contributed by atoms with E-state index in [2.05, 4.69) is 9.97 Å². The molecule has 6 nitrogen and oxygen atoms in total. The number of rotatable bonds is 5. The standard InChI is InChI=1S/C18H20FN3O3/c1-25-11-13-9-16(22-8-4-5-12(10-22)18(23)24)21-17(20-13)14-6-2-3-7-15(14)19/h2-3,6-7,9,12H,4-5,8,10-11H2,1H3,(H,23,24). The molecule has 0 saturated carbocycles. The Kier molecular flexibility index (Phi) is 5.23. The fraction of sp³-hybridized carbons (Fsp3) is 0.389. The van der Waals surface area contributed by atoms with Crippen LogP contribution in [0.3, 0.4) is 0 Å². The third kappa shape index (κ3) is 3.93. The van der Waals surface area contributed by atoms with Gasteiger partial charge in [0, 0.05) is 26.3 Å². The first-order valence-electron chi connectivity index (χ1n) is 8.18. The van der Waals surface area contributed by atoms with Crippen LogP contribution in [0.25, 0.3) is 11.4 Å². The van der Waals surface area contributed by atoms with Crippen LogP contribution < -0.4 is 4.90 Å². The van der Waals surface area contributed by atoms with Gasteiger partial charge in [-0.05, 0) is 25.0 Å². The highest BCUT2D eigenvalue weighted by Crippen LogP contribution is 2.26. The van der Waals surface area contributed by atoms with Gasteiger partial charge in [0.1, 0.15) is 11.6 Å². The number of hydrogen-bond acceptors (Lipinski definition) is 5. The quantitative estimate of drug-likeness (QED) is 0.898. The predicted molar refractivity (Wildman–Crippen MR) is 90.7 cm³/mol. The maximum absolute atomic E-state index is 14.1. The van der Waals surface area contributed by atoms with Crippen molar-refractivity contribution in [3.8, 4) is 11.4 Å². The third-order valence-electron chi connectivity index (χ3n) is 4.27. The summed E-state index contributed by atoms with van der Waals surface area (Å²) < 4.78 is 19.3. The largest absolute Gasteiger partial charge is 0.481 e. The molecule has 0 radical (unpaired) electrons. The summed E-state index contributed by atoms with van der Waals surface area (Å²) in [5.41, 5.74) is 0.941. The average molecular weight is 345 g/mol. The van der Waals surface area contributed by atoms with E-state index >= 15 is 0 Å². The highest BCUT2D eigenvalue weighted by Gasteiger charge is 2.27. The Labute approximate surface area is 145 Å². The summed E-state index contributed by atoms with van der Waals surface area (Å²) in [7, 11) is 1.56. The van der Waals surface area contributed by atoms with E-state index in [0.29, 0.717) is 36.6 Å². The smallest absolute Gasteiger partial charge is 0.308 e. The second kappa shape index (κ2) is 7.57. The number of aromatic nitrogens is 2. The molecule has 1 atom stereocenters. The number of aliphatic carboxylic acids is 1. The monoisotopic (exact) mass is 345 g/mol. The van der Waals surface area contributed by atoms with E-state index in [4.69, 9.17) is 4.74 Å². The number of carboxylic acids is 1. The Bertz CT molecular complexity index is 769. The van der Waals surface area contributed by atoms with Crippen molar-refractivity contribution in [3.63, 3.8) is 0 Å². The van der Waals surface area contributed by atoms with E-state index < -0.39 is 17.7 Å². The molecule has 0 bridgehead atoms. The number of benzene rings is 1. The van der Waals surface area contributed by atoms with Crippen molar-refractivity contribution >= 4 is 11.8 Å². The van der Waals surface area contributed by atoms with Gasteiger partial charge in [-0.15, -0.1) is 0 Å². The van der Waals surface area contributed by atoms with Crippen molar-refractivity contribution in [3.05, 3.63) is 41.8 Å². The first-order chi connectivity index (χ1) is 12.1. The Morgan fingerprint density at radius 1 is 1.40 bits per heavy atom. The summed E-state index contributed by atoms with van der Waals surface area (Å²) >= 11 is 0. The zero-order chi connectivity index (χ0) is 17.8. The summed E-state index contributed by atoms with van der Waals surface area (Å²) in [5.74, 6) is -0.742. The van der Waals surface area contributed by atoms with Crippen LogP contribution in [0.4, 0.5) is 10.2 Å². The number of methoxy groups -OCH3 is 1. The first-order valence-corrected chi connectivity index (χ1v) is 8.18. The normalized spacial score (nSPS) is 17.5. The molecular formula is C18H20FN3O3. The molecule has 0 spiro atoms. The molecule has 1 aliphatic heterocycles. The lowest BCUT2D eigenvalue weighted by Crippen LogP contribution is -2.39. The van der Waals surface area contributed by atoms with Crippen molar-refractivity contribution in [2.75, 3.05) is 25.1 Å². The van der Waals surface area contributed by atoms with Crippen LogP contribution >= 0.6 is 0 Å². The van der Waals surface area contributed by atoms with Crippen molar-refractivity contribution in [2.45, 2.75) is 19.4 Å². The lowest BCUT2D eigenvalue weighted by atomic mass is 9.98. The Morgan fingerprint density at radius 2 is 2.20 bits per heavy atom. The second-order valence-electron chi connectivity index (χ2n) is 6.08. The van der Waals surface area contributed by atoms with E-state index in [1.165, 1.54) is 6.07 Å². The van der Waals surface area contributed by atoms with Crippen LogP contribution in [-0.2, 0) is 16.1 Å². The molecule has 1 N–H and O–H groups in total. The fourth-order valence-electron chi connectivity index (χ4n) is 3.02. The Hall–Kier alpha value is -2.54. The minimum atomic E-state index is -0.801. The van der Waals surface area contributed by atoms with Crippen LogP contribution in [0.2, 0.25) is 0 Å². The Balaban J connectivity index is 1.98. The van der Waals surface area contributed by atoms with Gasteiger partial charge in [-0.2, -0.15) is 0 Å². The molecule has 1 aliphatic rings. The molecule has 1 saturated heterocycles. The molecule has 2 aromatic rings. The lowest BCUT2D eigenvalue weighted by Gasteiger charge is -2.32. The molecule has 1 fully saturated rings. The van der Waals surface area contributed by atoms with Gasteiger partial charge in [-0.1, -0.05) is 12.1 Å². The van der Waals surface area contributed by atoms with Gasteiger partial charge < -0.3 is 14.7 Å². The van der Waals surface area contributed by atoms with E-state index in [9.17, 15) is 14.3 Å². The minimum Gasteiger partial charge on any atom is -0.481 e. The van der Waals surface area contributed by atoms with Gasteiger partial charge in [0.05, 0.1) is 23.8 Å². The van der Waals surface area contributed by atoms with Gasteiger partial charge in [-0.3, -0.25) is 4.79 Å². The molecule has 0 aliphatic carbocycles. The molecule has 3 rings (SSSR count). The van der Waals surface area contributed by atoms with E-state index in [-0.39, 0.29) is 12.4 Å². The lowest BCUT2D eigenvalue weighted by molar-refractivity contribution is -0.141. The Morgan fingerprint density at radius 3 is 2.92 bits per heavy atom. The van der Waals surface area contributed by atoms with Gasteiger partial charge in [0.2, 0.25) is 0 Å². The van der Waals surface area contributed by atoms with E-state index in [1.807, 2.05) is 4.90 Å². The molecule has 25 heavy (non-hydrogen) atoms. The van der Waals surface area contributed by atoms with Crippen molar-refractivity contribution in [1.82, 2.24) is 9.97 Å². The molecule has 0 amide bonds. The van der Waals surface area contributed by atoms with Gasteiger partial charge >= 0.3 is 5.97 Å². The molecule has 132 valence electrons. The summed E-state index contributed by atoms with van der Waals surface area (Å²) in [6, 6.07) is 8.11. The van der Waals surface area contributed by atoms with Crippen LogP contribution in [0, 0.1) is 11.7 Å². The number of hydrogen-bond donors (Lipinski definition) is 1. The number of carbonyl (C=O) groups is 1. The highest BCUT2D eigenvalue weighted by atomic mass is 19.1. The predicted octanol–water partition coefficient (Wildman–Crippen LogP) is 2.73. The van der Waals surface area contributed by atoms with Gasteiger partial charge in [0.15, 0.2) is 5.82 Å². The molecular weight excluding hydrogens is 325 g/mol. The zero-order valence-electron chi connectivity index (χ0n) is 14.0. The molecule has 2 heterocycles. The average Bonchev–Trinajstić information content (AvgIpc) is 2.62. The minimum absolute atomic E-state index is 0.271. The number of piperidine rings is 1. The van der Waals surface area contributed by atoms with Crippen LogP contribution in [0.1, 0.15) is 18.5 Å². The SMILES string of the molecule is COCc1cc(N2CCCC(C(=O)O)C2)nc(-c2ccccc2F)n1. The number of ether oxygens (including phenoxy) is 1. The van der Waals surface area contributed by atoms with Gasteiger partial charge in [-0.25, -0.2) is 14.4 Å². The van der Waals surface area contributed by atoms with Gasteiger partial charge in [0.25, 0.3) is 0 Å². The van der Waals surface area contributed by atoms with E-state index in [1.54, 1.807) is 31.4 Å². The highest BCUT2D eigenvalue weighted by molar-refractivity contribution is 5.71. The number of halogens is 1. The second-order valence-corrected chi connectivity index (χ2v) is 6.08. The summed E-state index contributed by atoms with van der Waals surface area (Å²) in [6.45, 7) is 1.37. The van der Waals surface area contributed by atoms with Crippen LogP contribution in [0.15, 0.2) is 30.3 Å². The van der Waals surface area contributed by atoms with Crippen molar-refractivity contribution in [1.29, 1.82) is 0 Å². The summed E-state index contributed by atoms with van der Waals surface area (Å²) in [5, 5.41) is 9.28. The number of nitrogens with zero attached hydrogens (tertiary/aromatic N) is 3. The maximum Gasteiger partial charge on any atom is 0.308 e. The topological polar surface area (TPSA) is 75.5 Å². The maximum atomic E-state index is 14.1. The summed E-state index contributed by atoms with van der Waals surface area (Å²) in [4.78, 5) is 22.1. The van der Waals surface area contributed by atoms with E-state index in [0.717, 1.165) is 6.42 Å². The molecule has 1 aromatic heterocycles. The first kappa shape index (κ1) is 17.3. The van der Waals surface area contributed by atoms with Crippen molar-refractivity contribution < 1.29 is 19.0 Å².